The molecule has 104 valence electrons. The standard InChI is InChI=1S/C14H12FNO4/c15-12-3-1-2-11(6-12)9-20-14-7-10(8-17)4-5-13(14)16(18)19/h1-7,17H,8-9H2. The van der Waals surface area contributed by atoms with Gasteiger partial charge in [0.05, 0.1) is 11.5 Å². The average molecular weight is 277 g/mol. The Balaban J connectivity index is 2.21. The number of benzene rings is 2. The summed E-state index contributed by atoms with van der Waals surface area (Å²) in [6.07, 6.45) is 0. The van der Waals surface area contributed by atoms with E-state index in [2.05, 4.69) is 0 Å². The van der Waals surface area contributed by atoms with Gasteiger partial charge in [-0.15, -0.1) is 0 Å². The van der Waals surface area contributed by atoms with Gasteiger partial charge < -0.3 is 9.84 Å². The lowest BCUT2D eigenvalue weighted by Gasteiger charge is -2.08. The van der Waals surface area contributed by atoms with Crippen LogP contribution in [0.1, 0.15) is 11.1 Å². The van der Waals surface area contributed by atoms with Crippen LogP contribution in [0.5, 0.6) is 5.75 Å². The SMILES string of the molecule is O=[N+]([O-])c1ccc(CO)cc1OCc1cccc(F)c1. The minimum atomic E-state index is -0.567. The van der Waals surface area contributed by atoms with Crippen molar-refractivity contribution >= 4 is 5.69 Å². The summed E-state index contributed by atoms with van der Waals surface area (Å²) in [5.74, 6) is -0.351. The first-order chi connectivity index (χ1) is 9.60. The van der Waals surface area contributed by atoms with Gasteiger partial charge in [-0.1, -0.05) is 12.1 Å². The predicted molar refractivity (Wildman–Crippen MR) is 69.8 cm³/mol. The zero-order valence-corrected chi connectivity index (χ0v) is 10.5. The molecule has 0 saturated heterocycles. The Hall–Kier alpha value is -2.47. The molecule has 0 saturated carbocycles. The summed E-state index contributed by atoms with van der Waals surface area (Å²) in [5, 5.41) is 19.9. The van der Waals surface area contributed by atoms with E-state index >= 15 is 0 Å². The molecule has 0 fully saturated rings. The zero-order valence-electron chi connectivity index (χ0n) is 10.5. The van der Waals surface area contributed by atoms with E-state index in [1.807, 2.05) is 0 Å². The second-order valence-electron chi connectivity index (χ2n) is 4.14. The van der Waals surface area contributed by atoms with Gasteiger partial charge in [-0.2, -0.15) is 0 Å². The van der Waals surface area contributed by atoms with Crippen molar-refractivity contribution in [3.05, 3.63) is 69.5 Å². The minimum absolute atomic E-state index is 0.00742. The zero-order chi connectivity index (χ0) is 14.5. The molecule has 2 aromatic rings. The summed E-state index contributed by atoms with van der Waals surface area (Å²) < 4.78 is 18.4. The lowest BCUT2D eigenvalue weighted by molar-refractivity contribution is -0.386. The predicted octanol–water partition coefficient (Wildman–Crippen LogP) is 2.81. The maximum Gasteiger partial charge on any atom is 0.310 e. The molecule has 0 aliphatic carbocycles. The molecule has 0 atom stereocenters. The molecule has 0 aliphatic rings. The largest absolute Gasteiger partial charge is 0.482 e. The van der Waals surface area contributed by atoms with Crippen molar-refractivity contribution in [3.63, 3.8) is 0 Å². The van der Waals surface area contributed by atoms with Crippen molar-refractivity contribution in [2.24, 2.45) is 0 Å². The molecular formula is C14H12FNO4. The summed E-state index contributed by atoms with van der Waals surface area (Å²) in [6.45, 7) is -0.234. The Morgan fingerprint density at radius 2 is 2.00 bits per heavy atom. The molecule has 1 N–H and O–H groups in total. The van der Waals surface area contributed by atoms with Crippen LogP contribution in [0, 0.1) is 15.9 Å². The van der Waals surface area contributed by atoms with Gasteiger partial charge in [0.25, 0.3) is 0 Å². The Morgan fingerprint density at radius 1 is 1.20 bits per heavy atom. The van der Waals surface area contributed by atoms with E-state index in [0.29, 0.717) is 11.1 Å². The Morgan fingerprint density at radius 3 is 2.65 bits per heavy atom. The molecule has 2 rings (SSSR count). The molecule has 5 nitrogen and oxygen atoms in total. The maximum absolute atomic E-state index is 13.0. The smallest absolute Gasteiger partial charge is 0.310 e. The number of aliphatic hydroxyl groups is 1. The number of nitrogens with zero attached hydrogens (tertiary/aromatic N) is 1. The summed E-state index contributed by atoms with van der Waals surface area (Å²) in [5.41, 5.74) is 0.872. The van der Waals surface area contributed by atoms with Crippen LogP contribution in [0.3, 0.4) is 0 Å². The monoisotopic (exact) mass is 277 g/mol. The first-order valence-corrected chi connectivity index (χ1v) is 5.85. The number of halogens is 1. The quantitative estimate of drug-likeness (QED) is 0.673. The van der Waals surface area contributed by atoms with Crippen molar-refractivity contribution in [1.29, 1.82) is 0 Å². The van der Waals surface area contributed by atoms with Crippen LogP contribution in [-0.2, 0) is 13.2 Å². The molecule has 20 heavy (non-hydrogen) atoms. The van der Waals surface area contributed by atoms with E-state index in [4.69, 9.17) is 9.84 Å². The topological polar surface area (TPSA) is 72.6 Å². The van der Waals surface area contributed by atoms with Crippen molar-refractivity contribution in [3.8, 4) is 5.75 Å². The molecule has 2 aromatic carbocycles. The van der Waals surface area contributed by atoms with Crippen molar-refractivity contribution in [2.45, 2.75) is 13.2 Å². The Labute approximate surface area is 114 Å². The van der Waals surface area contributed by atoms with Crippen LogP contribution in [0.2, 0.25) is 0 Å². The number of hydrogen-bond donors (Lipinski definition) is 1. The molecule has 0 heterocycles. The summed E-state index contributed by atoms with van der Waals surface area (Å²) in [4.78, 5) is 10.3. The normalized spacial score (nSPS) is 10.3. The van der Waals surface area contributed by atoms with Crippen LogP contribution >= 0.6 is 0 Å². The number of nitro groups is 1. The number of nitro benzene ring substituents is 1. The molecular weight excluding hydrogens is 265 g/mol. The van der Waals surface area contributed by atoms with Gasteiger partial charge >= 0.3 is 5.69 Å². The molecule has 6 heteroatoms. The van der Waals surface area contributed by atoms with Gasteiger partial charge in [-0.25, -0.2) is 4.39 Å². The maximum atomic E-state index is 13.0. The first-order valence-electron chi connectivity index (χ1n) is 5.85. The highest BCUT2D eigenvalue weighted by Crippen LogP contribution is 2.28. The average Bonchev–Trinajstić information content (AvgIpc) is 2.44. The van der Waals surface area contributed by atoms with Crippen LogP contribution in [0.15, 0.2) is 42.5 Å². The van der Waals surface area contributed by atoms with E-state index < -0.39 is 10.7 Å². The Kier molecular flexibility index (Phi) is 4.27. The number of hydrogen-bond acceptors (Lipinski definition) is 4. The molecule has 0 unspecified atom stereocenters. The highest BCUT2D eigenvalue weighted by atomic mass is 19.1. The molecule has 0 spiro atoms. The van der Waals surface area contributed by atoms with E-state index in [9.17, 15) is 14.5 Å². The van der Waals surface area contributed by atoms with Gasteiger partial charge in [-0.05, 0) is 35.4 Å². The fourth-order valence-electron chi connectivity index (χ4n) is 1.71. The molecule has 0 aromatic heterocycles. The lowest BCUT2D eigenvalue weighted by atomic mass is 10.2. The third-order valence-corrected chi connectivity index (χ3v) is 2.69. The summed E-state index contributed by atoms with van der Waals surface area (Å²) in [6, 6.07) is 9.91. The van der Waals surface area contributed by atoms with Crippen LogP contribution < -0.4 is 4.74 Å². The first kappa shape index (κ1) is 14.0. The van der Waals surface area contributed by atoms with E-state index in [1.165, 1.54) is 36.4 Å². The number of ether oxygens (including phenoxy) is 1. The van der Waals surface area contributed by atoms with E-state index in [0.717, 1.165) is 0 Å². The third kappa shape index (κ3) is 3.30. The molecule has 0 aliphatic heterocycles. The molecule has 0 radical (unpaired) electrons. The van der Waals surface area contributed by atoms with Crippen LogP contribution in [-0.4, -0.2) is 10.0 Å². The fourth-order valence-corrected chi connectivity index (χ4v) is 1.71. The third-order valence-electron chi connectivity index (χ3n) is 2.69. The number of aliphatic hydroxyl groups excluding tert-OH is 1. The van der Waals surface area contributed by atoms with Gasteiger partial charge in [0.1, 0.15) is 12.4 Å². The second-order valence-corrected chi connectivity index (χ2v) is 4.14. The minimum Gasteiger partial charge on any atom is -0.482 e. The van der Waals surface area contributed by atoms with Gasteiger partial charge in [0.2, 0.25) is 0 Å². The van der Waals surface area contributed by atoms with Crippen LogP contribution in [0.25, 0.3) is 0 Å². The summed E-state index contributed by atoms with van der Waals surface area (Å²) in [7, 11) is 0. The highest BCUT2D eigenvalue weighted by Gasteiger charge is 2.15. The van der Waals surface area contributed by atoms with Crippen LogP contribution in [0.4, 0.5) is 10.1 Å². The highest BCUT2D eigenvalue weighted by molar-refractivity contribution is 5.48. The van der Waals surface area contributed by atoms with Crippen molar-refractivity contribution in [2.75, 3.05) is 0 Å². The molecule has 0 bridgehead atoms. The number of rotatable bonds is 5. The fraction of sp³-hybridized carbons (Fsp3) is 0.143. The van der Waals surface area contributed by atoms with E-state index in [1.54, 1.807) is 6.07 Å². The van der Waals surface area contributed by atoms with Gasteiger partial charge in [0, 0.05) is 6.07 Å². The summed E-state index contributed by atoms with van der Waals surface area (Å²) >= 11 is 0. The van der Waals surface area contributed by atoms with Gasteiger partial charge in [0.15, 0.2) is 5.75 Å². The van der Waals surface area contributed by atoms with Crippen molar-refractivity contribution < 1.29 is 19.2 Å². The van der Waals surface area contributed by atoms with Gasteiger partial charge in [-0.3, -0.25) is 10.1 Å². The Bertz CT molecular complexity index is 630. The van der Waals surface area contributed by atoms with Crippen molar-refractivity contribution in [1.82, 2.24) is 0 Å². The second kappa shape index (κ2) is 6.12. The van der Waals surface area contributed by atoms with E-state index in [-0.39, 0.29) is 24.7 Å². The lowest BCUT2D eigenvalue weighted by Crippen LogP contribution is -2.00. The molecule has 0 amide bonds.